The number of benzene rings is 1. The normalized spacial score (nSPS) is 20.3. The lowest BCUT2D eigenvalue weighted by Gasteiger charge is -2.32. The molecule has 0 atom stereocenters. The van der Waals surface area contributed by atoms with E-state index in [-0.39, 0.29) is 24.9 Å². The van der Waals surface area contributed by atoms with Crippen LogP contribution < -0.4 is 5.46 Å². The molecule has 0 amide bonds. The first-order chi connectivity index (χ1) is 8.86. The average molecular weight is 262 g/mol. The Kier molecular flexibility index (Phi) is 3.70. The lowest BCUT2D eigenvalue weighted by Crippen LogP contribution is -2.41. The number of ether oxygens (including phenoxy) is 1. The summed E-state index contributed by atoms with van der Waals surface area (Å²) < 4.78 is 16.6. The molecule has 0 aromatic heterocycles. The first-order valence-corrected chi connectivity index (χ1v) is 6.35. The van der Waals surface area contributed by atoms with Crippen molar-refractivity contribution in [2.45, 2.75) is 45.5 Å². The van der Waals surface area contributed by atoms with E-state index in [1.807, 2.05) is 52.0 Å². The van der Waals surface area contributed by atoms with E-state index < -0.39 is 0 Å². The van der Waals surface area contributed by atoms with Crippen LogP contribution in [0, 0.1) is 0 Å². The van der Waals surface area contributed by atoms with Crippen LogP contribution in [0.2, 0.25) is 0 Å². The summed E-state index contributed by atoms with van der Waals surface area (Å²) in [5.74, 6) is 0. The van der Waals surface area contributed by atoms with E-state index in [0.717, 1.165) is 11.0 Å². The van der Waals surface area contributed by atoms with E-state index in [0.29, 0.717) is 6.47 Å². The van der Waals surface area contributed by atoms with Gasteiger partial charge in [0.15, 0.2) is 0 Å². The molecule has 0 N–H and O–H groups in total. The van der Waals surface area contributed by atoms with E-state index in [4.69, 9.17) is 14.0 Å². The van der Waals surface area contributed by atoms with Gasteiger partial charge in [-0.15, -0.1) is 0 Å². The molecule has 1 heterocycles. The lowest BCUT2D eigenvalue weighted by atomic mass is 9.79. The summed E-state index contributed by atoms with van der Waals surface area (Å²) in [4.78, 5) is 10.1. The lowest BCUT2D eigenvalue weighted by molar-refractivity contribution is -0.129. The average Bonchev–Trinajstić information content (AvgIpc) is 2.56. The first-order valence-electron chi connectivity index (χ1n) is 6.35. The molecule has 0 unspecified atom stereocenters. The van der Waals surface area contributed by atoms with Crippen molar-refractivity contribution in [2.75, 3.05) is 0 Å². The highest BCUT2D eigenvalue weighted by atomic mass is 16.7. The molecule has 0 saturated carbocycles. The second-order valence-electron chi connectivity index (χ2n) is 5.74. The van der Waals surface area contributed by atoms with Crippen LogP contribution in [0.1, 0.15) is 33.3 Å². The Morgan fingerprint density at radius 1 is 1.11 bits per heavy atom. The Balaban J connectivity index is 2.10. The van der Waals surface area contributed by atoms with Gasteiger partial charge in [-0.1, -0.05) is 24.3 Å². The van der Waals surface area contributed by atoms with E-state index in [1.165, 1.54) is 0 Å². The van der Waals surface area contributed by atoms with E-state index in [1.54, 1.807) is 0 Å². The highest BCUT2D eigenvalue weighted by Crippen LogP contribution is 2.36. The summed E-state index contributed by atoms with van der Waals surface area (Å²) in [6.45, 7) is 8.84. The van der Waals surface area contributed by atoms with Crippen LogP contribution in [0.3, 0.4) is 0 Å². The molecule has 0 spiro atoms. The molecule has 4 nitrogen and oxygen atoms in total. The molecule has 0 bridgehead atoms. The van der Waals surface area contributed by atoms with Crippen LogP contribution in [0.5, 0.6) is 0 Å². The fourth-order valence-corrected chi connectivity index (χ4v) is 1.88. The molecule has 1 aromatic rings. The minimum absolute atomic E-state index is 0.285. The third-order valence-corrected chi connectivity index (χ3v) is 3.82. The van der Waals surface area contributed by atoms with Crippen molar-refractivity contribution in [3.05, 3.63) is 29.8 Å². The Bertz CT molecular complexity index is 437. The highest BCUT2D eigenvalue weighted by Gasteiger charge is 2.51. The Morgan fingerprint density at radius 3 is 2.11 bits per heavy atom. The van der Waals surface area contributed by atoms with Crippen molar-refractivity contribution < 1.29 is 18.8 Å². The van der Waals surface area contributed by atoms with Gasteiger partial charge in [0.1, 0.15) is 6.61 Å². The number of hydrogen-bond acceptors (Lipinski definition) is 4. The second kappa shape index (κ2) is 4.98. The largest absolute Gasteiger partial charge is 0.494 e. The van der Waals surface area contributed by atoms with Crippen LogP contribution in [0.15, 0.2) is 24.3 Å². The number of hydrogen-bond donors (Lipinski definition) is 0. The molecule has 1 aromatic carbocycles. The van der Waals surface area contributed by atoms with Gasteiger partial charge in [-0.2, -0.15) is 0 Å². The maximum atomic E-state index is 10.1. The predicted octanol–water partition coefficient (Wildman–Crippen LogP) is 1.66. The summed E-state index contributed by atoms with van der Waals surface area (Å²) in [6, 6.07) is 7.69. The van der Waals surface area contributed by atoms with Crippen molar-refractivity contribution in [1.82, 2.24) is 0 Å². The summed E-state index contributed by atoms with van der Waals surface area (Å²) in [6.07, 6.45) is 0. The Hall–Kier alpha value is -1.33. The summed E-state index contributed by atoms with van der Waals surface area (Å²) in [5, 5.41) is 0. The molecule has 19 heavy (non-hydrogen) atoms. The van der Waals surface area contributed by atoms with Crippen molar-refractivity contribution in [3.63, 3.8) is 0 Å². The van der Waals surface area contributed by atoms with Crippen LogP contribution in [0.25, 0.3) is 0 Å². The van der Waals surface area contributed by atoms with Gasteiger partial charge in [0.05, 0.1) is 11.2 Å². The van der Waals surface area contributed by atoms with Gasteiger partial charge >= 0.3 is 7.12 Å². The van der Waals surface area contributed by atoms with Crippen molar-refractivity contribution >= 4 is 19.1 Å². The van der Waals surface area contributed by atoms with Gasteiger partial charge in [-0.05, 0) is 38.7 Å². The van der Waals surface area contributed by atoms with Gasteiger partial charge in [0.2, 0.25) is 0 Å². The van der Waals surface area contributed by atoms with Crippen molar-refractivity contribution in [1.29, 1.82) is 0 Å². The number of carbonyl (C=O) groups is 1. The molecule has 1 aliphatic heterocycles. The second-order valence-corrected chi connectivity index (χ2v) is 5.74. The quantitative estimate of drug-likeness (QED) is 0.611. The van der Waals surface area contributed by atoms with Gasteiger partial charge in [0, 0.05) is 0 Å². The molecule has 2 rings (SSSR count). The SMILES string of the molecule is CC1(C)OB(c2ccc(COC=O)cc2)OC1(C)C. The maximum Gasteiger partial charge on any atom is 0.494 e. The van der Waals surface area contributed by atoms with E-state index >= 15 is 0 Å². The maximum absolute atomic E-state index is 10.1. The van der Waals surface area contributed by atoms with Crippen LogP contribution in [-0.4, -0.2) is 24.8 Å². The topological polar surface area (TPSA) is 44.8 Å². The zero-order valence-electron chi connectivity index (χ0n) is 11.8. The third-order valence-electron chi connectivity index (χ3n) is 3.82. The minimum Gasteiger partial charge on any atom is -0.463 e. The minimum atomic E-state index is -0.356. The molecule has 102 valence electrons. The van der Waals surface area contributed by atoms with Crippen molar-refractivity contribution in [2.24, 2.45) is 0 Å². The van der Waals surface area contributed by atoms with Crippen LogP contribution in [0.4, 0.5) is 0 Å². The molecule has 0 aliphatic carbocycles. The molecule has 0 radical (unpaired) electrons. The Labute approximate surface area is 114 Å². The Morgan fingerprint density at radius 2 is 1.63 bits per heavy atom. The van der Waals surface area contributed by atoms with Gasteiger partial charge in [-0.25, -0.2) is 0 Å². The van der Waals surface area contributed by atoms with Crippen LogP contribution >= 0.6 is 0 Å². The van der Waals surface area contributed by atoms with Crippen LogP contribution in [-0.2, 0) is 25.4 Å². The third kappa shape index (κ3) is 2.82. The summed E-state index contributed by atoms with van der Waals surface area (Å²) >= 11 is 0. The van der Waals surface area contributed by atoms with E-state index in [2.05, 4.69) is 0 Å². The fourth-order valence-electron chi connectivity index (χ4n) is 1.88. The molecule has 1 aliphatic rings. The summed E-state index contributed by atoms with van der Waals surface area (Å²) in [5.41, 5.74) is 1.23. The zero-order valence-corrected chi connectivity index (χ0v) is 11.8. The number of carbonyl (C=O) groups excluding carboxylic acids is 1. The molecule has 1 saturated heterocycles. The number of rotatable bonds is 4. The highest BCUT2D eigenvalue weighted by molar-refractivity contribution is 6.62. The van der Waals surface area contributed by atoms with E-state index in [9.17, 15) is 4.79 Å². The smallest absolute Gasteiger partial charge is 0.463 e. The molecule has 1 fully saturated rings. The fraction of sp³-hybridized carbons (Fsp3) is 0.500. The molecular formula is C14H19BO4. The zero-order chi connectivity index (χ0) is 14.1. The first kappa shape index (κ1) is 14.1. The van der Waals surface area contributed by atoms with Crippen molar-refractivity contribution in [3.8, 4) is 0 Å². The predicted molar refractivity (Wildman–Crippen MR) is 73.0 cm³/mol. The van der Waals surface area contributed by atoms with Gasteiger partial charge in [-0.3, -0.25) is 4.79 Å². The monoisotopic (exact) mass is 262 g/mol. The van der Waals surface area contributed by atoms with Gasteiger partial charge < -0.3 is 14.0 Å². The van der Waals surface area contributed by atoms with Gasteiger partial charge in [0.25, 0.3) is 6.47 Å². The molecular weight excluding hydrogens is 243 g/mol. The standard InChI is InChI=1S/C14H19BO4/c1-13(2)14(3,4)19-15(18-13)12-7-5-11(6-8-12)9-17-10-16/h5-8,10H,9H2,1-4H3. The summed E-state index contributed by atoms with van der Waals surface area (Å²) in [7, 11) is -0.356. The molecule has 5 heteroatoms.